The Hall–Kier alpha value is -2.18. The molecular weight excluding hydrogens is 324 g/mol. The highest BCUT2D eigenvalue weighted by atomic mass is 32.1. The summed E-state index contributed by atoms with van der Waals surface area (Å²) < 4.78 is 2.36. The van der Waals surface area contributed by atoms with Crippen molar-refractivity contribution in [3.63, 3.8) is 0 Å². The summed E-state index contributed by atoms with van der Waals surface area (Å²) in [6, 6.07) is 11.8. The van der Waals surface area contributed by atoms with Crippen LogP contribution in [-0.4, -0.2) is 9.97 Å². The third-order valence-corrected chi connectivity index (χ3v) is 5.87. The van der Waals surface area contributed by atoms with Gasteiger partial charge in [0.2, 0.25) is 0 Å². The minimum absolute atomic E-state index is 0.767. The Morgan fingerprint density at radius 2 is 1.39 bits per heavy atom. The molecule has 4 rings (SSSR count). The van der Waals surface area contributed by atoms with Gasteiger partial charge in [0.25, 0.3) is 0 Å². The summed E-state index contributed by atoms with van der Waals surface area (Å²) in [5.41, 5.74) is 15.2. The standard InChI is InChI=1S/C17H16N4S2/c18-10-5-7-14-13(8-10)21-17(22-14)3-1-2-16-20-12-6-4-11(19)9-15(12)23-16/h4-9H,1-3,18-19H2. The van der Waals surface area contributed by atoms with E-state index in [2.05, 4.69) is 9.97 Å². The van der Waals surface area contributed by atoms with Gasteiger partial charge in [0.05, 0.1) is 30.4 Å². The lowest BCUT2D eigenvalue weighted by Crippen LogP contribution is -1.88. The van der Waals surface area contributed by atoms with Crippen LogP contribution in [0.15, 0.2) is 36.4 Å². The molecule has 0 saturated carbocycles. The van der Waals surface area contributed by atoms with E-state index in [1.807, 2.05) is 36.4 Å². The predicted octanol–water partition coefficient (Wildman–Crippen LogP) is 4.25. The molecule has 0 aliphatic heterocycles. The largest absolute Gasteiger partial charge is 0.399 e. The fourth-order valence-corrected chi connectivity index (χ4v) is 4.63. The van der Waals surface area contributed by atoms with Gasteiger partial charge in [0.15, 0.2) is 0 Å². The van der Waals surface area contributed by atoms with Crippen molar-refractivity contribution in [3.8, 4) is 0 Å². The van der Waals surface area contributed by atoms with Gasteiger partial charge in [-0.2, -0.15) is 0 Å². The van der Waals surface area contributed by atoms with Crippen molar-refractivity contribution < 1.29 is 0 Å². The average Bonchev–Trinajstić information content (AvgIpc) is 3.09. The molecule has 0 saturated heterocycles. The van der Waals surface area contributed by atoms with Crippen LogP contribution in [0.4, 0.5) is 11.4 Å². The van der Waals surface area contributed by atoms with E-state index in [4.69, 9.17) is 11.5 Å². The molecule has 2 heterocycles. The van der Waals surface area contributed by atoms with E-state index < -0.39 is 0 Å². The Morgan fingerprint density at radius 3 is 2.22 bits per heavy atom. The molecule has 4 aromatic rings. The first-order chi connectivity index (χ1) is 11.2. The van der Waals surface area contributed by atoms with Crippen molar-refractivity contribution in [3.05, 3.63) is 46.4 Å². The number of nitrogen functional groups attached to an aromatic ring is 2. The summed E-state index contributed by atoms with van der Waals surface area (Å²) in [5, 5.41) is 2.33. The van der Waals surface area contributed by atoms with Crippen molar-refractivity contribution in [1.29, 1.82) is 0 Å². The topological polar surface area (TPSA) is 77.8 Å². The lowest BCUT2D eigenvalue weighted by Gasteiger charge is -1.94. The summed E-state index contributed by atoms with van der Waals surface area (Å²) in [6.07, 6.45) is 2.99. The first-order valence-corrected chi connectivity index (χ1v) is 9.10. The molecule has 6 heteroatoms. The number of anilines is 2. The van der Waals surface area contributed by atoms with Crippen molar-refractivity contribution >= 4 is 54.5 Å². The van der Waals surface area contributed by atoms with Gasteiger partial charge in [0, 0.05) is 11.4 Å². The zero-order valence-corrected chi connectivity index (χ0v) is 14.1. The molecular formula is C17H16N4S2. The number of hydrogen-bond acceptors (Lipinski definition) is 6. The minimum atomic E-state index is 0.767. The van der Waals surface area contributed by atoms with Crippen LogP contribution in [0.25, 0.3) is 20.4 Å². The molecule has 4 nitrogen and oxygen atoms in total. The van der Waals surface area contributed by atoms with E-state index in [9.17, 15) is 0 Å². The summed E-state index contributed by atoms with van der Waals surface area (Å²) >= 11 is 3.48. The van der Waals surface area contributed by atoms with Gasteiger partial charge in [-0.25, -0.2) is 9.97 Å². The lowest BCUT2D eigenvalue weighted by atomic mass is 10.2. The highest BCUT2D eigenvalue weighted by Gasteiger charge is 2.07. The molecule has 2 aromatic carbocycles. The number of fused-ring (bicyclic) bond motifs is 2. The van der Waals surface area contributed by atoms with Crippen LogP contribution in [0, 0.1) is 0 Å². The number of thiazole rings is 2. The second-order valence-corrected chi connectivity index (χ2v) is 7.75. The Labute approximate surface area is 141 Å². The number of benzene rings is 2. The highest BCUT2D eigenvalue weighted by molar-refractivity contribution is 7.19. The van der Waals surface area contributed by atoms with Gasteiger partial charge in [-0.05, 0) is 55.7 Å². The van der Waals surface area contributed by atoms with Crippen molar-refractivity contribution in [2.75, 3.05) is 11.5 Å². The predicted molar refractivity (Wildman–Crippen MR) is 100 cm³/mol. The minimum Gasteiger partial charge on any atom is -0.399 e. The quantitative estimate of drug-likeness (QED) is 0.545. The van der Waals surface area contributed by atoms with Gasteiger partial charge >= 0.3 is 0 Å². The van der Waals surface area contributed by atoms with Crippen molar-refractivity contribution in [2.45, 2.75) is 19.3 Å². The van der Waals surface area contributed by atoms with Crippen LogP contribution in [-0.2, 0) is 12.8 Å². The van der Waals surface area contributed by atoms with Gasteiger partial charge in [-0.3, -0.25) is 0 Å². The fraction of sp³-hybridized carbons (Fsp3) is 0.176. The molecule has 0 amide bonds. The molecule has 0 atom stereocenters. The van der Waals surface area contributed by atoms with E-state index >= 15 is 0 Å². The SMILES string of the molecule is Nc1ccc2sc(CCCc3nc4ccc(N)cc4s3)nc2c1. The Kier molecular flexibility index (Phi) is 3.63. The maximum Gasteiger partial charge on any atom is 0.0938 e. The molecule has 23 heavy (non-hydrogen) atoms. The first-order valence-electron chi connectivity index (χ1n) is 7.47. The average molecular weight is 340 g/mol. The number of aromatic nitrogens is 2. The molecule has 116 valence electrons. The zero-order valence-electron chi connectivity index (χ0n) is 12.5. The van der Waals surface area contributed by atoms with Crippen molar-refractivity contribution in [2.24, 2.45) is 0 Å². The maximum atomic E-state index is 5.82. The molecule has 0 bridgehead atoms. The van der Waals surface area contributed by atoms with E-state index in [0.717, 1.165) is 56.4 Å². The number of hydrogen-bond donors (Lipinski definition) is 2. The number of nitrogens with zero attached hydrogens (tertiary/aromatic N) is 2. The van der Waals surface area contributed by atoms with Crippen molar-refractivity contribution in [1.82, 2.24) is 9.97 Å². The summed E-state index contributed by atoms with van der Waals surface area (Å²) in [5.74, 6) is 0. The van der Waals surface area contributed by atoms with Gasteiger partial charge < -0.3 is 11.5 Å². The van der Waals surface area contributed by atoms with E-state index in [0.29, 0.717) is 0 Å². The molecule has 0 unspecified atom stereocenters. The number of rotatable bonds is 4. The molecule has 0 aliphatic carbocycles. The summed E-state index contributed by atoms with van der Waals surface area (Å²) in [4.78, 5) is 9.33. The fourth-order valence-electron chi connectivity index (χ4n) is 2.59. The third kappa shape index (κ3) is 3.00. The maximum absolute atomic E-state index is 5.82. The molecule has 2 aromatic heterocycles. The second kappa shape index (κ2) is 5.79. The lowest BCUT2D eigenvalue weighted by molar-refractivity contribution is 0.812. The van der Waals surface area contributed by atoms with Crippen LogP contribution >= 0.6 is 22.7 Å². The number of aryl methyl sites for hydroxylation is 2. The van der Waals surface area contributed by atoms with Crippen LogP contribution < -0.4 is 11.5 Å². The Morgan fingerprint density at radius 1 is 0.739 bits per heavy atom. The van der Waals surface area contributed by atoms with Gasteiger partial charge in [0.1, 0.15) is 0 Å². The molecule has 4 N–H and O–H groups in total. The molecule has 0 spiro atoms. The first kappa shape index (κ1) is 14.4. The van der Waals surface area contributed by atoms with E-state index in [1.165, 1.54) is 4.70 Å². The van der Waals surface area contributed by atoms with Crippen LogP contribution in [0.2, 0.25) is 0 Å². The van der Waals surface area contributed by atoms with Crippen LogP contribution in [0.3, 0.4) is 0 Å². The highest BCUT2D eigenvalue weighted by Crippen LogP contribution is 2.27. The van der Waals surface area contributed by atoms with E-state index in [1.54, 1.807) is 22.7 Å². The zero-order chi connectivity index (χ0) is 15.8. The summed E-state index contributed by atoms with van der Waals surface area (Å²) in [7, 11) is 0. The normalized spacial score (nSPS) is 11.5. The van der Waals surface area contributed by atoms with E-state index in [-0.39, 0.29) is 0 Å². The monoisotopic (exact) mass is 340 g/mol. The Bertz CT molecular complexity index is 907. The third-order valence-electron chi connectivity index (χ3n) is 3.69. The molecule has 0 fully saturated rings. The van der Waals surface area contributed by atoms with Crippen LogP contribution in [0.5, 0.6) is 0 Å². The molecule has 0 radical (unpaired) electrons. The molecule has 0 aliphatic rings. The Balaban J connectivity index is 1.45. The second-order valence-electron chi connectivity index (χ2n) is 5.52. The van der Waals surface area contributed by atoms with Gasteiger partial charge in [-0.15, -0.1) is 22.7 Å². The van der Waals surface area contributed by atoms with Crippen LogP contribution in [0.1, 0.15) is 16.4 Å². The smallest absolute Gasteiger partial charge is 0.0938 e. The van der Waals surface area contributed by atoms with Gasteiger partial charge in [-0.1, -0.05) is 0 Å². The summed E-state index contributed by atoms with van der Waals surface area (Å²) in [6.45, 7) is 0. The number of nitrogens with two attached hydrogens (primary N) is 2.